The van der Waals surface area contributed by atoms with Crippen molar-refractivity contribution in [1.29, 1.82) is 0 Å². The van der Waals surface area contributed by atoms with E-state index in [4.69, 9.17) is 9.94 Å². The fourth-order valence-corrected chi connectivity index (χ4v) is 1.05. The van der Waals surface area contributed by atoms with Crippen LogP contribution in [0.2, 0.25) is 0 Å². The van der Waals surface area contributed by atoms with Gasteiger partial charge in [-0.2, -0.15) is 13.2 Å². The minimum absolute atomic E-state index is 0.246. The first-order valence-electron chi connectivity index (χ1n) is 3.92. The highest BCUT2D eigenvalue weighted by atomic mass is 19.4. The lowest BCUT2D eigenvalue weighted by Gasteiger charge is -2.09. The Labute approximate surface area is 83.8 Å². The van der Waals surface area contributed by atoms with Crippen molar-refractivity contribution in [3.63, 3.8) is 0 Å². The van der Waals surface area contributed by atoms with E-state index in [9.17, 15) is 13.2 Å². The van der Waals surface area contributed by atoms with Gasteiger partial charge in [0.1, 0.15) is 5.75 Å². The number of nitrogens with zero attached hydrogens (tertiary/aromatic N) is 1. The third-order valence-electron chi connectivity index (χ3n) is 1.71. The highest BCUT2D eigenvalue weighted by molar-refractivity contribution is 6.04. The molecule has 0 aromatic heterocycles. The highest BCUT2D eigenvalue weighted by Crippen LogP contribution is 2.24. The molecule has 0 radical (unpaired) electrons. The van der Waals surface area contributed by atoms with Gasteiger partial charge in [-0.25, -0.2) is 0 Å². The van der Waals surface area contributed by atoms with Crippen molar-refractivity contribution in [3.05, 3.63) is 29.8 Å². The molecule has 0 spiro atoms. The first-order chi connectivity index (χ1) is 6.99. The number of halogens is 3. The molecular weight excluding hydrogens is 211 g/mol. The van der Waals surface area contributed by atoms with Gasteiger partial charge in [0.15, 0.2) is 5.71 Å². The monoisotopic (exact) mass is 219 g/mol. The molecule has 0 unspecified atom stereocenters. The lowest BCUT2D eigenvalue weighted by molar-refractivity contribution is -0.0601. The van der Waals surface area contributed by atoms with Crippen molar-refractivity contribution in [2.75, 3.05) is 7.11 Å². The molecule has 1 rings (SSSR count). The van der Waals surface area contributed by atoms with E-state index < -0.39 is 11.9 Å². The van der Waals surface area contributed by atoms with Crippen LogP contribution >= 0.6 is 0 Å². The molecule has 0 atom stereocenters. The largest absolute Gasteiger partial charge is 0.497 e. The van der Waals surface area contributed by atoms with Gasteiger partial charge in [0.05, 0.1) is 7.11 Å². The second-order valence-corrected chi connectivity index (χ2v) is 2.68. The van der Waals surface area contributed by atoms with Crippen LogP contribution in [-0.2, 0) is 0 Å². The zero-order valence-corrected chi connectivity index (χ0v) is 7.75. The van der Waals surface area contributed by atoms with Crippen LogP contribution in [0.4, 0.5) is 13.2 Å². The van der Waals surface area contributed by atoms with Gasteiger partial charge >= 0.3 is 6.18 Å². The number of ether oxygens (including phenoxy) is 1. The molecule has 0 aliphatic rings. The van der Waals surface area contributed by atoms with Crippen molar-refractivity contribution >= 4 is 5.71 Å². The molecule has 6 heteroatoms. The van der Waals surface area contributed by atoms with Gasteiger partial charge in [0.25, 0.3) is 0 Å². The van der Waals surface area contributed by atoms with Gasteiger partial charge in [0, 0.05) is 5.56 Å². The molecule has 1 N–H and O–H groups in total. The first-order valence-corrected chi connectivity index (χ1v) is 3.92. The Balaban J connectivity index is 3.14. The van der Waals surface area contributed by atoms with E-state index in [2.05, 4.69) is 5.16 Å². The number of hydrogen-bond donors (Lipinski definition) is 1. The average Bonchev–Trinajstić information content (AvgIpc) is 2.17. The van der Waals surface area contributed by atoms with Crippen LogP contribution in [0.3, 0.4) is 0 Å². The summed E-state index contributed by atoms with van der Waals surface area (Å²) in [4.78, 5) is 0. The Morgan fingerprint density at radius 3 is 2.53 bits per heavy atom. The summed E-state index contributed by atoms with van der Waals surface area (Å²) in [6.07, 6.45) is -4.69. The summed E-state index contributed by atoms with van der Waals surface area (Å²) in [5, 5.41) is 10.5. The second kappa shape index (κ2) is 4.20. The molecule has 0 saturated carbocycles. The van der Waals surface area contributed by atoms with Crippen LogP contribution in [0.25, 0.3) is 0 Å². The number of methoxy groups -OCH3 is 1. The summed E-state index contributed by atoms with van der Waals surface area (Å²) in [6, 6.07) is 5.20. The minimum Gasteiger partial charge on any atom is -0.497 e. The van der Waals surface area contributed by atoms with Gasteiger partial charge in [-0.05, 0) is 12.1 Å². The van der Waals surface area contributed by atoms with Crippen molar-refractivity contribution in [1.82, 2.24) is 0 Å². The summed E-state index contributed by atoms with van der Waals surface area (Å²) in [7, 11) is 1.34. The SMILES string of the molecule is COc1cccc(/C(=N/O)C(F)(F)F)c1. The molecule has 15 heavy (non-hydrogen) atoms. The third kappa shape index (κ3) is 2.61. The van der Waals surface area contributed by atoms with Crippen molar-refractivity contribution in [2.45, 2.75) is 6.18 Å². The van der Waals surface area contributed by atoms with Crippen LogP contribution in [-0.4, -0.2) is 24.2 Å². The molecule has 1 aromatic rings. The van der Waals surface area contributed by atoms with Crippen molar-refractivity contribution < 1.29 is 23.1 Å². The van der Waals surface area contributed by atoms with Crippen molar-refractivity contribution in [2.24, 2.45) is 5.16 Å². The van der Waals surface area contributed by atoms with E-state index in [0.717, 1.165) is 6.07 Å². The van der Waals surface area contributed by atoms with E-state index in [1.807, 2.05) is 0 Å². The van der Waals surface area contributed by atoms with Gasteiger partial charge in [-0.3, -0.25) is 0 Å². The van der Waals surface area contributed by atoms with Crippen LogP contribution in [0.5, 0.6) is 5.75 Å². The molecule has 0 amide bonds. The standard InChI is InChI=1S/C9H8F3NO2/c1-15-7-4-2-3-6(5-7)8(13-14)9(10,11)12/h2-5,14H,1H3/b13-8-. The summed E-state index contributed by atoms with van der Waals surface area (Å²) in [6.45, 7) is 0. The zero-order valence-electron chi connectivity index (χ0n) is 7.75. The molecule has 0 aliphatic carbocycles. The predicted molar refractivity (Wildman–Crippen MR) is 47.4 cm³/mol. The van der Waals surface area contributed by atoms with E-state index in [0.29, 0.717) is 0 Å². The molecule has 0 aliphatic heterocycles. The van der Waals surface area contributed by atoms with Crippen molar-refractivity contribution in [3.8, 4) is 5.75 Å². The number of oxime groups is 1. The topological polar surface area (TPSA) is 41.8 Å². The molecule has 0 heterocycles. The van der Waals surface area contributed by atoms with Gasteiger partial charge in [-0.1, -0.05) is 17.3 Å². The van der Waals surface area contributed by atoms with Crippen LogP contribution in [0, 0.1) is 0 Å². The average molecular weight is 219 g/mol. The Bertz CT molecular complexity index is 374. The smallest absolute Gasteiger partial charge is 0.437 e. The van der Waals surface area contributed by atoms with E-state index in [-0.39, 0.29) is 11.3 Å². The maximum absolute atomic E-state index is 12.3. The summed E-state index contributed by atoms with van der Waals surface area (Å²) in [5.41, 5.74) is -1.59. The Morgan fingerprint density at radius 2 is 2.07 bits per heavy atom. The lowest BCUT2D eigenvalue weighted by atomic mass is 10.1. The van der Waals surface area contributed by atoms with E-state index in [1.54, 1.807) is 0 Å². The normalized spacial score (nSPS) is 12.7. The maximum Gasteiger partial charge on any atom is 0.437 e. The molecule has 0 fully saturated rings. The molecule has 82 valence electrons. The lowest BCUT2D eigenvalue weighted by Crippen LogP contribution is -2.24. The van der Waals surface area contributed by atoms with Crippen LogP contribution in [0.1, 0.15) is 5.56 Å². The molecule has 0 saturated heterocycles. The molecular formula is C9H8F3NO2. The minimum atomic E-state index is -4.69. The summed E-state index contributed by atoms with van der Waals surface area (Å²) < 4.78 is 41.7. The first kappa shape index (κ1) is 11.4. The van der Waals surface area contributed by atoms with E-state index in [1.165, 1.54) is 25.3 Å². The quantitative estimate of drug-likeness (QED) is 0.471. The second-order valence-electron chi connectivity index (χ2n) is 2.68. The number of rotatable bonds is 2. The Hall–Kier alpha value is -1.72. The Morgan fingerprint density at radius 1 is 1.40 bits per heavy atom. The van der Waals surface area contributed by atoms with Gasteiger partial charge in [-0.15, -0.1) is 0 Å². The Kier molecular flexibility index (Phi) is 3.18. The molecule has 3 nitrogen and oxygen atoms in total. The summed E-state index contributed by atoms with van der Waals surface area (Å²) >= 11 is 0. The van der Waals surface area contributed by atoms with Crippen LogP contribution < -0.4 is 4.74 Å². The van der Waals surface area contributed by atoms with Gasteiger partial charge < -0.3 is 9.94 Å². The number of hydrogen-bond acceptors (Lipinski definition) is 3. The van der Waals surface area contributed by atoms with Gasteiger partial charge in [0.2, 0.25) is 0 Å². The maximum atomic E-state index is 12.3. The number of benzene rings is 1. The molecule has 0 bridgehead atoms. The van der Waals surface area contributed by atoms with Crippen LogP contribution in [0.15, 0.2) is 29.4 Å². The fourth-order valence-electron chi connectivity index (χ4n) is 1.05. The van der Waals surface area contributed by atoms with E-state index >= 15 is 0 Å². The fraction of sp³-hybridized carbons (Fsp3) is 0.222. The summed E-state index contributed by atoms with van der Waals surface area (Å²) in [5.74, 6) is 0.262. The third-order valence-corrected chi connectivity index (χ3v) is 1.71. The highest BCUT2D eigenvalue weighted by Gasteiger charge is 2.37. The number of alkyl halides is 3. The predicted octanol–water partition coefficient (Wildman–Crippen LogP) is 2.44. The molecule has 1 aromatic carbocycles. The zero-order chi connectivity index (χ0) is 11.5.